The van der Waals surface area contributed by atoms with E-state index in [1.54, 1.807) is 31.4 Å². The first kappa shape index (κ1) is 19.5. The molecular weight excluding hydrogens is 356 g/mol. The van der Waals surface area contributed by atoms with Gasteiger partial charge < -0.3 is 14.8 Å². The Labute approximate surface area is 164 Å². The van der Waals surface area contributed by atoms with Crippen molar-refractivity contribution >= 4 is 23.1 Å². The largest absolute Gasteiger partial charge is 0.497 e. The van der Waals surface area contributed by atoms with E-state index < -0.39 is 0 Å². The SMILES string of the molecule is CCCN1C(=O)C(Nc2ccccc2OCC)=C(c2ccc(OC)cc2)C1=O. The third kappa shape index (κ3) is 3.71. The summed E-state index contributed by atoms with van der Waals surface area (Å²) in [6.07, 6.45) is 0.691. The molecule has 0 saturated carbocycles. The lowest BCUT2D eigenvalue weighted by Gasteiger charge is -2.15. The summed E-state index contributed by atoms with van der Waals surface area (Å²) in [6.45, 7) is 4.70. The van der Waals surface area contributed by atoms with Crippen LogP contribution in [0, 0.1) is 0 Å². The van der Waals surface area contributed by atoms with Gasteiger partial charge in [0, 0.05) is 6.54 Å². The van der Waals surface area contributed by atoms with Gasteiger partial charge in [-0.1, -0.05) is 31.2 Å². The molecule has 0 atom stereocenters. The number of benzene rings is 2. The lowest BCUT2D eigenvalue weighted by Crippen LogP contribution is -2.33. The van der Waals surface area contributed by atoms with Gasteiger partial charge in [-0.25, -0.2) is 0 Å². The molecule has 0 aliphatic carbocycles. The van der Waals surface area contributed by atoms with Crippen LogP contribution in [0.3, 0.4) is 0 Å². The number of carbonyl (C=O) groups is 2. The Morgan fingerprint density at radius 3 is 2.32 bits per heavy atom. The zero-order chi connectivity index (χ0) is 20.1. The van der Waals surface area contributed by atoms with Gasteiger partial charge in [0.2, 0.25) is 0 Å². The summed E-state index contributed by atoms with van der Waals surface area (Å²) in [7, 11) is 1.58. The number of carbonyl (C=O) groups excluding carboxylic acids is 2. The molecular formula is C22H24N2O4. The molecule has 1 N–H and O–H groups in total. The van der Waals surface area contributed by atoms with E-state index in [0.29, 0.717) is 47.9 Å². The maximum Gasteiger partial charge on any atom is 0.278 e. The fourth-order valence-electron chi connectivity index (χ4n) is 3.13. The molecule has 0 aromatic heterocycles. The molecule has 6 heteroatoms. The molecule has 6 nitrogen and oxygen atoms in total. The topological polar surface area (TPSA) is 67.9 Å². The molecule has 0 saturated heterocycles. The predicted molar refractivity (Wildman–Crippen MR) is 108 cm³/mol. The molecule has 1 heterocycles. The van der Waals surface area contributed by atoms with Crippen LogP contribution in [0.5, 0.6) is 11.5 Å². The summed E-state index contributed by atoms with van der Waals surface area (Å²) in [6, 6.07) is 14.5. The highest BCUT2D eigenvalue weighted by atomic mass is 16.5. The van der Waals surface area contributed by atoms with E-state index in [0.717, 1.165) is 0 Å². The monoisotopic (exact) mass is 380 g/mol. The number of ether oxygens (including phenoxy) is 2. The number of hydrogen-bond acceptors (Lipinski definition) is 5. The Hall–Kier alpha value is -3.28. The van der Waals surface area contributed by atoms with Gasteiger partial charge in [0.05, 0.1) is 25.0 Å². The minimum absolute atomic E-state index is 0.260. The Kier molecular flexibility index (Phi) is 5.99. The molecule has 1 aliphatic heterocycles. The molecule has 28 heavy (non-hydrogen) atoms. The van der Waals surface area contributed by atoms with Gasteiger partial charge in [-0.2, -0.15) is 0 Å². The minimum Gasteiger partial charge on any atom is -0.497 e. The highest BCUT2D eigenvalue weighted by Gasteiger charge is 2.38. The van der Waals surface area contributed by atoms with Gasteiger partial charge in [0.15, 0.2) is 0 Å². The average Bonchev–Trinajstić information content (AvgIpc) is 2.94. The maximum atomic E-state index is 13.0. The third-order valence-electron chi connectivity index (χ3n) is 4.44. The van der Waals surface area contributed by atoms with E-state index in [2.05, 4.69) is 5.32 Å². The molecule has 1 aliphatic rings. The van der Waals surface area contributed by atoms with Gasteiger partial charge in [-0.3, -0.25) is 14.5 Å². The molecule has 0 spiro atoms. The molecule has 0 radical (unpaired) electrons. The van der Waals surface area contributed by atoms with Crippen LogP contribution in [0.25, 0.3) is 5.57 Å². The molecule has 146 valence electrons. The maximum absolute atomic E-state index is 13.0. The quantitative estimate of drug-likeness (QED) is 0.708. The summed E-state index contributed by atoms with van der Waals surface area (Å²) in [5, 5.41) is 3.15. The van der Waals surface area contributed by atoms with Crippen LogP contribution in [0.1, 0.15) is 25.8 Å². The van der Waals surface area contributed by atoms with Crippen molar-refractivity contribution in [1.29, 1.82) is 0 Å². The number of nitrogens with zero attached hydrogens (tertiary/aromatic N) is 1. The summed E-state index contributed by atoms with van der Waals surface area (Å²) >= 11 is 0. The number of imide groups is 1. The van der Waals surface area contributed by atoms with Crippen molar-refractivity contribution in [3.63, 3.8) is 0 Å². The molecule has 3 rings (SSSR count). The average molecular weight is 380 g/mol. The minimum atomic E-state index is -0.330. The fourth-order valence-corrected chi connectivity index (χ4v) is 3.13. The van der Waals surface area contributed by atoms with E-state index >= 15 is 0 Å². The number of hydrogen-bond donors (Lipinski definition) is 1. The predicted octanol–water partition coefficient (Wildman–Crippen LogP) is 3.70. The molecule has 0 fully saturated rings. The Bertz CT molecular complexity index is 903. The van der Waals surface area contributed by atoms with Gasteiger partial charge in [0.1, 0.15) is 17.2 Å². The molecule has 0 unspecified atom stereocenters. The number of rotatable bonds is 8. The van der Waals surface area contributed by atoms with Crippen molar-refractivity contribution in [3.05, 3.63) is 59.8 Å². The number of anilines is 1. The summed E-state index contributed by atoms with van der Waals surface area (Å²) in [5.74, 6) is 0.681. The summed E-state index contributed by atoms with van der Waals surface area (Å²) in [4.78, 5) is 27.3. The van der Waals surface area contributed by atoms with E-state index in [1.807, 2.05) is 38.1 Å². The Morgan fingerprint density at radius 2 is 1.68 bits per heavy atom. The van der Waals surface area contributed by atoms with Crippen LogP contribution < -0.4 is 14.8 Å². The number of para-hydroxylation sites is 2. The van der Waals surface area contributed by atoms with Crippen LogP contribution in [0.15, 0.2) is 54.2 Å². The zero-order valence-corrected chi connectivity index (χ0v) is 16.3. The van der Waals surface area contributed by atoms with Crippen LogP contribution in [0.4, 0.5) is 5.69 Å². The van der Waals surface area contributed by atoms with Crippen molar-refractivity contribution in [3.8, 4) is 11.5 Å². The van der Waals surface area contributed by atoms with Crippen molar-refractivity contribution in [2.24, 2.45) is 0 Å². The lowest BCUT2D eigenvalue weighted by molar-refractivity contribution is -0.136. The smallest absolute Gasteiger partial charge is 0.278 e. The van der Waals surface area contributed by atoms with Crippen molar-refractivity contribution in [2.45, 2.75) is 20.3 Å². The van der Waals surface area contributed by atoms with Crippen LogP contribution in [0.2, 0.25) is 0 Å². The summed E-state index contributed by atoms with van der Waals surface area (Å²) in [5.41, 5.74) is 1.92. The van der Waals surface area contributed by atoms with Crippen molar-refractivity contribution < 1.29 is 19.1 Å². The Balaban J connectivity index is 2.06. The molecule has 2 aromatic rings. The van der Waals surface area contributed by atoms with Gasteiger partial charge in [-0.15, -0.1) is 0 Å². The van der Waals surface area contributed by atoms with Crippen LogP contribution in [-0.4, -0.2) is 37.0 Å². The second kappa shape index (κ2) is 8.61. The van der Waals surface area contributed by atoms with E-state index in [4.69, 9.17) is 9.47 Å². The van der Waals surface area contributed by atoms with Crippen molar-refractivity contribution in [1.82, 2.24) is 4.90 Å². The standard InChI is InChI=1S/C22H24N2O4/c1-4-14-24-21(25)19(15-10-12-16(27-3)13-11-15)20(22(24)26)23-17-8-6-7-9-18(17)28-5-2/h6-13,23H,4-5,14H2,1-3H3. The normalized spacial score (nSPS) is 13.9. The second-order valence-corrected chi connectivity index (χ2v) is 6.29. The Morgan fingerprint density at radius 1 is 0.964 bits per heavy atom. The van der Waals surface area contributed by atoms with E-state index in [1.165, 1.54) is 4.90 Å². The first-order valence-corrected chi connectivity index (χ1v) is 9.34. The first-order chi connectivity index (χ1) is 13.6. The molecule has 2 aromatic carbocycles. The summed E-state index contributed by atoms with van der Waals surface area (Å²) < 4.78 is 10.8. The fraction of sp³-hybridized carbons (Fsp3) is 0.273. The number of amides is 2. The molecule has 2 amide bonds. The second-order valence-electron chi connectivity index (χ2n) is 6.29. The third-order valence-corrected chi connectivity index (χ3v) is 4.44. The molecule has 0 bridgehead atoms. The van der Waals surface area contributed by atoms with Gasteiger partial charge in [0.25, 0.3) is 11.8 Å². The highest BCUT2D eigenvalue weighted by molar-refractivity contribution is 6.36. The number of nitrogens with one attached hydrogen (secondary N) is 1. The van der Waals surface area contributed by atoms with Crippen LogP contribution >= 0.6 is 0 Å². The zero-order valence-electron chi connectivity index (χ0n) is 16.3. The van der Waals surface area contributed by atoms with E-state index in [-0.39, 0.29) is 17.5 Å². The number of methoxy groups -OCH3 is 1. The first-order valence-electron chi connectivity index (χ1n) is 9.34. The van der Waals surface area contributed by atoms with Crippen molar-refractivity contribution in [2.75, 3.05) is 25.6 Å². The highest BCUT2D eigenvalue weighted by Crippen LogP contribution is 2.33. The lowest BCUT2D eigenvalue weighted by atomic mass is 10.0. The van der Waals surface area contributed by atoms with Gasteiger partial charge >= 0.3 is 0 Å². The van der Waals surface area contributed by atoms with Crippen LogP contribution in [-0.2, 0) is 9.59 Å². The van der Waals surface area contributed by atoms with E-state index in [9.17, 15) is 9.59 Å². The van der Waals surface area contributed by atoms with Gasteiger partial charge in [-0.05, 0) is 43.2 Å².